The number of hydrogen-bond donors (Lipinski definition) is 2. The number of nitro groups is 1. The van der Waals surface area contributed by atoms with Crippen LogP contribution in [-0.4, -0.2) is 22.7 Å². The number of carbonyl (C=O) groups is 1. The largest absolute Gasteiger partial charge is 0.444 e. The lowest BCUT2D eigenvalue weighted by atomic mass is 9.70. The van der Waals surface area contributed by atoms with Crippen molar-refractivity contribution in [2.24, 2.45) is 11.5 Å². The molecule has 0 aliphatic rings. The van der Waals surface area contributed by atoms with Crippen LogP contribution in [0.25, 0.3) is 0 Å². The van der Waals surface area contributed by atoms with Crippen LogP contribution >= 0.6 is 0 Å². The maximum absolute atomic E-state index is 11.0. The van der Waals surface area contributed by atoms with Crippen LogP contribution in [0.15, 0.2) is 24.3 Å². The van der Waals surface area contributed by atoms with Gasteiger partial charge in [0.05, 0.1) is 4.92 Å². The summed E-state index contributed by atoms with van der Waals surface area (Å²) in [7, 11) is 0. The highest BCUT2D eigenvalue weighted by Gasteiger charge is 2.39. The second-order valence-corrected chi connectivity index (χ2v) is 6.37. The van der Waals surface area contributed by atoms with E-state index >= 15 is 0 Å². The first kappa shape index (κ1) is 17.9. The molecule has 4 N–H and O–H groups in total. The van der Waals surface area contributed by atoms with Gasteiger partial charge in [0.1, 0.15) is 5.60 Å². The lowest BCUT2D eigenvalue weighted by Crippen LogP contribution is -2.47. The average molecular weight is 309 g/mol. The van der Waals surface area contributed by atoms with Gasteiger partial charge in [0, 0.05) is 23.6 Å². The number of nitrogens with zero attached hydrogens (tertiary/aromatic N) is 1. The van der Waals surface area contributed by atoms with Crippen molar-refractivity contribution in [2.75, 3.05) is 0 Å². The van der Waals surface area contributed by atoms with E-state index in [4.69, 9.17) is 16.2 Å². The van der Waals surface area contributed by atoms with Gasteiger partial charge >= 0.3 is 6.09 Å². The van der Waals surface area contributed by atoms with Crippen molar-refractivity contribution >= 4 is 11.8 Å². The Morgan fingerprint density at radius 1 is 1.41 bits per heavy atom. The van der Waals surface area contributed by atoms with E-state index in [0.717, 1.165) is 5.56 Å². The molecule has 7 nitrogen and oxygen atoms in total. The molecule has 0 saturated carbocycles. The highest BCUT2D eigenvalue weighted by atomic mass is 16.6. The van der Waals surface area contributed by atoms with E-state index in [-0.39, 0.29) is 11.7 Å². The third kappa shape index (κ3) is 4.17. The van der Waals surface area contributed by atoms with Gasteiger partial charge < -0.3 is 16.2 Å². The smallest absolute Gasteiger partial charge is 0.405 e. The lowest BCUT2D eigenvalue weighted by Gasteiger charge is -2.40. The molecule has 0 saturated heterocycles. The third-order valence-corrected chi connectivity index (χ3v) is 3.89. The fourth-order valence-electron chi connectivity index (χ4n) is 2.69. The minimum atomic E-state index is -0.865. The molecule has 22 heavy (non-hydrogen) atoms. The minimum absolute atomic E-state index is 0.00185. The number of hydrogen-bond acceptors (Lipinski definition) is 5. The highest BCUT2D eigenvalue weighted by Crippen LogP contribution is 2.37. The number of carbonyl (C=O) groups excluding carboxylic acids is 1. The van der Waals surface area contributed by atoms with Crippen molar-refractivity contribution in [3.05, 3.63) is 39.9 Å². The topological polar surface area (TPSA) is 121 Å². The van der Waals surface area contributed by atoms with Crippen molar-refractivity contribution in [3.63, 3.8) is 0 Å². The van der Waals surface area contributed by atoms with E-state index < -0.39 is 22.0 Å². The first-order valence-corrected chi connectivity index (χ1v) is 6.97. The van der Waals surface area contributed by atoms with Crippen molar-refractivity contribution in [1.29, 1.82) is 0 Å². The quantitative estimate of drug-likeness (QED) is 0.617. The zero-order valence-corrected chi connectivity index (χ0v) is 13.3. The number of ether oxygens (including phenoxy) is 1. The summed E-state index contributed by atoms with van der Waals surface area (Å²) in [5, 5.41) is 11.0. The van der Waals surface area contributed by atoms with E-state index in [9.17, 15) is 14.9 Å². The van der Waals surface area contributed by atoms with Crippen molar-refractivity contribution in [2.45, 2.75) is 51.2 Å². The van der Waals surface area contributed by atoms with Crippen molar-refractivity contribution in [3.8, 4) is 0 Å². The molecule has 0 spiro atoms. The van der Waals surface area contributed by atoms with Crippen LogP contribution in [0.2, 0.25) is 0 Å². The van der Waals surface area contributed by atoms with E-state index in [1.165, 1.54) is 12.1 Å². The normalized spacial score (nSPS) is 15.7. The molecule has 1 aromatic carbocycles. The Balaban J connectivity index is 3.24. The summed E-state index contributed by atoms with van der Waals surface area (Å²) in [6.45, 7) is 7.17. The van der Waals surface area contributed by atoms with E-state index in [1.807, 2.05) is 13.8 Å². The monoisotopic (exact) mass is 309 g/mol. The number of nitro benzene ring substituents is 1. The summed E-state index contributed by atoms with van der Waals surface area (Å²) in [6.07, 6.45) is -0.488. The molecule has 0 heterocycles. The Bertz CT molecular complexity index is 572. The molecule has 1 rings (SSSR count). The molecule has 1 amide bonds. The van der Waals surface area contributed by atoms with Gasteiger partial charge in [-0.15, -0.1) is 0 Å². The molecule has 0 aliphatic carbocycles. The van der Waals surface area contributed by atoms with Gasteiger partial charge in [-0.2, -0.15) is 0 Å². The van der Waals surface area contributed by atoms with Gasteiger partial charge in [-0.1, -0.05) is 19.1 Å². The molecule has 0 bridgehead atoms. The third-order valence-electron chi connectivity index (χ3n) is 3.89. The number of nitrogens with two attached hydrogens (primary N) is 2. The standard InChI is InChI=1S/C15H23N3O4/c1-10(16)15(4,9-14(2,3)22-13(17)19)11-6-5-7-12(8-11)18(20)21/h5-8,10H,9,16H2,1-4H3,(H2,17,19). The summed E-state index contributed by atoms with van der Waals surface area (Å²) in [5.74, 6) is 0. The predicted molar refractivity (Wildman–Crippen MR) is 83.5 cm³/mol. The van der Waals surface area contributed by atoms with E-state index in [2.05, 4.69) is 0 Å². The van der Waals surface area contributed by atoms with Crippen LogP contribution in [0.3, 0.4) is 0 Å². The second-order valence-electron chi connectivity index (χ2n) is 6.37. The van der Waals surface area contributed by atoms with Gasteiger partial charge in [-0.05, 0) is 32.8 Å². The molecule has 0 radical (unpaired) electrons. The fourth-order valence-corrected chi connectivity index (χ4v) is 2.69. The molecule has 122 valence electrons. The maximum atomic E-state index is 11.0. The Labute approximate surface area is 129 Å². The SMILES string of the molecule is CC(N)C(C)(CC(C)(C)OC(N)=O)c1cccc([N+](=O)[O-])c1. The van der Waals surface area contributed by atoms with Crippen LogP contribution in [0.1, 0.15) is 39.7 Å². The highest BCUT2D eigenvalue weighted by molar-refractivity contribution is 5.65. The first-order chi connectivity index (χ1) is 9.98. The minimum Gasteiger partial charge on any atom is -0.444 e. The number of non-ortho nitro benzene ring substituents is 1. The van der Waals surface area contributed by atoms with E-state index in [1.54, 1.807) is 26.0 Å². The number of rotatable bonds is 6. The van der Waals surface area contributed by atoms with Gasteiger partial charge in [-0.3, -0.25) is 10.1 Å². The molecule has 2 atom stereocenters. The Morgan fingerprint density at radius 2 is 2.00 bits per heavy atom. The average Bonchev–Trinajstić information content (AvgIpc) is 2.36. The van der Waals surface area contributed by atoms with Crippen LogP contribution in [0, 0.1) is 10.1 Å². The molecule has 0 fully saturated rings. The molecular weight excluding hydrogens is 286 g/mol. The zero-order chi connectivity index (χ0) is 17.1. The summed E-state index contributed by atoms with van der Waals surface area (Å²) in [5.41, 5.74) is 10.5. The van der Waals surface area contributed by atoms with Crippen LogP contribution in [0.4, 0.5) is 10.5 Å². The molecule has 1 aromatic rings. The fraction of sp³-hybridized carbons (Fsp3) is 0.533. The summed E-state index contributed by atoms with van der Waals surface area (Å²) < 4.78 is 5.13. The molecule has 0 aliphatic heterocycles. The molecule has 0 aromatic heterocycles. The van der Waals surface area contributed by atoms with Crippen LogP contribution in [-0.2, 0) is 10.2 Å². The van der Waals surface area contributed by atoms with Gasteiger partial charge in [0.2, 0.25) is 0 Å². The molecular formula is C15H23N3O4. The van der Waals surface area contributed by atoms with Gasteiger partial charge in [-0.25, -0.2) is 4.79 Å². The molecule has 2 unspecified atom stereocenters. The van der Waals surface area contributed by atoms with Crippen molar-refractivity contribution < 1.29 is 14.5 Å². The van der Waals surface area contributed by atoms with E-state index in [0.29, 0.717) is 6.42 Å². The predicted octanol–water partition coefficient (Wildman–Crippen LogP) is 2.46. The zero-order valence-electron chi connectivity index (χ0n) is 13.3. The number of benzene rings is 1. The second kappa shape index (κ2) is 6.31. The summed E-state index contributed by atoms with van der Waals surface area (Å²) in [6, 6.07) is 6.03. The van der Waals surface area contributed by atoms with Crippen LogP contribution < -0.4 is 11.5 Å². The lowest BCUT2D eigenvalue weighted by molar-refractivity contribution is -0.385. The Morgan fingerprint density at radius 3 is 2.45 bits per heavy atom. The summed E-state index contributed by atoms with van der Waals surface area (Å²) >= 11 is 0. The maximum Gasteiger partial charge on any atom is 0.405 e. The Hall–Kier alpha value is -2.15. The number of primary amides is 1. The summed E-state index contributed by atoms with van der Waals surface area (Å²) in [4.78, 5) is 21.6. The van der Waals surface area contributed by atoms with Gasteiger partial charge in [0.15, 0.2) is 0 Å². The van der Waals surface area contributed by atoms with Gasteiger partial charge in [0.25, 0.3) is 5.69 Å². The number of amides is 1. The Kier molecular flexibility index (Phi) is 5.13. The van der Waals surface area contributed by atoms with Crippen LogP contribution in [0.5, 0.6) is 0 Å². The molecule has 7 heteroatoms. The van der Waals surface area contributed by atoms with Crippen molar-refractivity contribution in [1.82, 2.24) is 0 Å². The first-order valence-electron chi connectivity index (χ1n) is 6.97.